The molecule has 22 heavy (non-hydrogen) atoms. The molecule has 110 valence electrons. The molecule has 0 fully saturated rings. The molecule has 6 nitrogen and oxygen atoms in total. The molecule has 1 aromatic carbocycles. The van der Waals surface area contributed by atoms with Crippen molar-refractivity contribution in [1.29, 1.82) is 0 Å². The monoisotopic (exact) mass is 293 g/mol. The van der Waals surface area contributed by atoms with Gasteiger partial charge in [-0.1, -0.05) is 30.3 Å². The fraction of sp³-hybridized carbons (Fsp3) is 0.125. The van der Waals surface area contributed by atoms with Crippen LogP contribution in [0.15, 0.2) is 53.5 Å². The van der Waals surface area contributed by atoms with Gasteiger partial charge in [-0.15, -0.1) is 0 Å². The first kappa shape index (κ1) is 13.9. The number of aryl methyl sites for hydroxylation is 1. The van der Waals surface area contributed by atoms with E-state index in [1.807, 2.05) is 37.3 Å². The fourth-order valence-corrected chi connectivity index (χ4v) is 2.19. The first-order valence-corrected chi connectivity index (χ1v) is 6.95. The molecule has 0 aliphatic carbocycles. The minimum absolute atomic E-state index is 0.143. The van der Waals surface area contributed by atoms with Crippen molar-refractivity contribution >= 4 is 5.82 Å². The van der Waals surface area contributed by atoms with E-state index in [-0.39, 0.29) is 5.56 Å². The highest BCUT2D eigenvalue weighted by Gasteiger charge is 2.13. The highest BCUT2D eigenvalue weighted by atomic mass is 16.1. The molecule has 0 spiro atoms. The maximum absolute atomic E-state index is 11.7. The summed E-state index contributed by atoms with van der Waals surface area (Å²) in [5.41, 5.74) is 8.37. The van der Waals surface area contributed by atoms with Crippen LogP contribution in [0.25, 0.3) is 22.6 Å². The van der Waals surface area contributed by atoms with E-state index in [0.717, 1.165) is 5.56 Å². The zero-order valence-electron chi connectivity index (χ0n) is 12.1. The number of benzene rings is 1. The van der Waals surface area contributed by atoms with Crippen LogP contribution < -0.4 is 11.3 Å². The van der Waals surface area contributed by atoms with Crippen LogP contribution in [-0.2, 0) is 6.54 Å². The normalized spacial score (nSPS) is 10.6. The van der Waals surface area contributed by atoms with Crippen molar-refractivity contribution < 1.29 is 0 Å². The zero-order valence-corrected chi connectivity index (χ0v) is 12.1. The second kappa shape index (κ2) is 5.77. The van der Waals surface area contributed by atoms with E-state index in [1.165, 1.54) is 16.9 Å². The quantitative estimate of drug-likeness (QED) is 0.797. The SMILES string of the molecule is CCn1nc(-c2ncc(N)nc2-c2ccccc2)ccc1=O. The summed E-state index contributed by atoms with van der Waals surface area (Å²) >= 11 is 0. The van der Waals surface area contributed by atoms with E-state index in [1.54, 1.807) is 6.07 Å². The Hall–Kier alpha value is -3.02. The second-order valence-corrected chi connectivity index (χ2v) is 4.73. The Labute approximate surface area is 127 Å². The maximum atomic E-state index is 11.7. The van der Waals surface area contributed by atoms with Gasteiger partial charge in [0, 0.05) is 18.2 Å². The van der Waals surface area contributed by atoms with Crippen LogP contribution in [-0.4, -0.2) is 19.7 Å². The predicted octanol–water partition coefficient (Wildman–Crippen LogP) is 1.97. The van der Waals surface area contributed by atoms with Crippen molar-refractivity contribution in [3.8, 4) is 22.6 Å². The van der Waals surface area contributed by atoms with Crippen LogP contribution in [0.3, 0.4) is 0 Å². The summed E-state index contributed by atoms with van der Waals surface area (Å²) in [6.45, 7) is 2.36. The van der Waals surface area contributed by atoms with Gasteiger partial charge in [0.05, 0.1) is 6.20 Å². The number of anilines is 1. The standard InChI is InChI=1S/C16H15N5O/c1-2-21-14(22)9-8-12(20-21)16-15(19-13(17)10-18-16)11-6-4-3-5-7-11/h3-10H,2H2,1H3,(H2,17,19). The summed E-state index contributed by atoms with van der Waals surface area (Å²) in [5.74, 6) is 0.339. The van der Waals surface area contributed by atoms with Gasteiger partial charge in [-0.25, -0.2) is 14.6 Å². The lowest BCUT2D eigenvalue weighted by Crippen LogP contribution is -2.21. The van der Waals surface area contributed by atoms with Crippen molar-refractivity contribution in [3.63, 3.8) is 0 Å². The van der Waals surface area contributed by atoms with Crippen molar-refractivity contribution in [1.82, 2.24) is 19.7 Å². The zero-order chi connectivity index (χ0) is 15.5. The van der Waals surface area contributed by atoms with Crippen molar-refractivity contribution in [2.24, 2.45) is 0 Å². The molecule has 0 aliphatic heterocycles. The minimum atomic E-state index is -0.143. The number of rotatable bonds is 3. The van der Waals surface area contributed by atoms with E-state index in [0.29, 0.717) is 29.4 Å². The minimum Gasteiger partial charge on any atom is -0.382 e. The molecule has 2 N–H and O–H groups in total. The lowest BCUT2D eigenvalue weighted by molar-refractivity contribution is 0.618. The summed E-state index contributed by atoms with van der Waals surface area (Å²) in [7, 11) is 0. The van der Waals surface area contributed by atoms with Gasteiger partial charge in [-0.3, -0.25) is 4.79 Å². The smallest absolute Gasteiger partial charge is 0.266 e. The number of hydrogen-bond donors (Lipinski definition) is 1. The van der Waals surface area contributed by atoms with Crippen LogP contribution in [0.1, 0.15) is 6.92 Å². The van der Waals surface area contributed by atoms with Gasteiger partial charge in [-0.05, 0) is 13.0 Å². The number of hydrogen-bond acceptors (Lipinski definition) is 5. The van der Waals surface area contributed by atoms with Crippen molar-refractivity contribution in [2.45, 2.75) is 13.5 Å². The van der Waals surface area contributed by atoms with E-state index >= 15 is 0 Å². The Balaban J connectivity index is 2.21. The summed E-state index contributed by atoms with van der Waals surface area (Å²) in [5, 5.41) is 4.34. The van der Waals surface area contributed by atoms with Crippen LogP contribution in [0.5, 0.6) is 0 Å². The van der Waals surface area contributed by atoms with Gasteiger partial charge in [0.1, 0.15) is 22.9 Å². The number of nitrogens with zero attached hydrogens (tertiary/aromatic N) is 4. The Morgan fingerprint density at radius 2 is 1.86 bits per heavy atom. The number of nitrogen functional groups attached to an aromatic ring is 1. The highest BCUT2D eigenvalue weighted by Crippen LogP contribution is 2.27. The third-order valence-corrected chi connectivity index (χ3v) is 3.25. The van der Waals surface area contributed by atoms with Crippen LogP contribution in [0.4, 0.5) is 5.82 Å². The molecule has 0 saturated carbocycles. The largest absolute Gasteiger partial charge is 0.382 e. The second-order valence-electron chi connectivity index (χ2n) is 4.73. The molecule has 0 atom stereocenters. The predicted molar refractivity (Wildman–Crippen MR) is 85.0 cm³/mol. The van der Waals surface area contributed by atoms with Crippen LogP contribution in [0, 0.1) is 0 Å². The molecule has 0 bridgehead atoms. The average Bonchev–Trinajstić information content (AvgIpc) is 2.56. The van der Waals surface area contributed by atoms with Gasteiger partial charge in [0.2, 0.25) is 0 Å². The molecule has 6 heteroatoms. The number of nitrogens with two attached hydrogens (primary N) is 1. The molecule has 3 aromatic rings. The Morgan fingerprint density at radius 3 is 2.59 bits per heavy atom. The molecular formula is C16H15N5O. The lowest BCUT2D eigenvalue weighted by atomic mass is 10.1. The van der Waals surface area contributed by atoms with Gasteiger partial charge >= 0.3 is 0 Å². The van der Waals surface area contributed by atoms with Crippen LogP contribution >= 0.6 is 0 Å². The van der Waals surface area contributed by atoms with Gasteiger partial charge in [0.25, 0.3) is 5.56 Å². The maximum Gasteiger partial charge on any atom is 0.266 e. The van der Waals surface area contributed by atoms with Gasteiger partial charge in [-0.2, -0.15) is 5.10 Å². The molecule has 0 saturated heterocycles. The molecular weight excluding hydrogens is 278 g/mol. The number of aromatic nitrogens is 4. The first-order valence-electron chi connectivity index (χ1n) is 6.95. The van der Waals surface area contributed by atoms with E-state index in [2.05, 4.69) is 15.1 Å². The first-order chi connectivity index (χ1) is 10.7. The van der Waals surface area contributed by atoms with Crippen molar-refractivity contribution in [3.05, 3.63) is 59.0 Å². The van der Waals surface area contributed by atoms with E-state index < -0.39 is 0 Å². The Bertz CT molecular complexity index is 858. The lowest BCUT2D eigenvalue weighted by Gasteiger charge is -2.09. The molecule has 2 heterocycles. The Morgan fingerprint density at radius 1 is 1.09 bits per heavy atom. The molecule has 0 radical (unpaired) electrons. The summed E-state index contributed by atoms with van der Waals surface area (Å²) in [4.78, 5) is 20.4. The Kier molecular flexibility index (Phi) is 3.65. The molecule has 0 amide bonds. The molecule has 3 rings (SSSR count). The molecule has 2 aromatic heterocycles. The van der Waals surface area contributed by atoms with E-state index in [9.17, 15) is 4.79 Å². The summed E-state index contributed by atoms with van der Waals surface area (Å²) in [6, 6.07) is 12.8. The molecule has 0 unspecified atom stereocenters. The van der Waals surface area contributed by atoms with E-state index in [4.69, 9.17) is 5.73 Å². The van der Waals surface area contributed by atoms with Crippen LogP contribution in [0.2, 0.25) is 0 Å². The van der Waals surface area contributed by atoms with Gasteiger partial charge < -0.3 is 5.73 Å². The topological polar surface area (TPSA) is 86.7 Å². The third kappa shape index (κ3) is 2.58. The average molecular weight is 293 g/mol. The third-order valence-electron chi connectivity index (χ3n) is 3.25. The summed E-state index contributed by atoms with van der Waals surface area (Å²) < 4.78 is 1.39. The van der Waals surface area contributed by atoms with Crippen molar-refractivity contribution in [2.75, 3.05) is 5.73 Å². The molecule has 0 aliphatic rings. The highest BCUT2D eigenvalue weighted by molar-refractivity contribution is 5.76. The van der Waals surface area contributed by atoms with Gasteiger partial charge in [0.15, 0.2) is 0 Å². The summed E-state index contributed by atoms with van der Waals surface area (Å²) in [6.07, 6.45) is 1.49. The fourth-order valence-electron chi connectivity index (χ4n) is 2.19.